The van der Waals surface area contributed by atoms with Gasteiger partial charge in [0, 0.05) is 35.8 Å². The molecule has 7 nitrogen and oxygen atoms in total. The molecule has 1 aliphatic rings. The number of fused-ring (bicyclic) bond motifs is 1. The fourth-order valence-corrected chi connectivity index (χ4v) is 5.38. The lowest BCUT2D eigenvalue weighted by molar-refractivity contribution is 0.191. The number of nitrogens with zero attached hydrogens (tertiary/aromatic N) is 2. The van der Waals surface area contributed by atoms with Gasteiger partial charge in [0.15, 0.2) is 5.96 Å². The van der Waals surface area contributed by atoms with Crippen LogP contribution in [0.1, 0.15) is 30.7 Å². The lowest BCUT2D eigenvalue weighted by Crippen LogP contribution is -2.44. The van der Waals surface area contributed by atoms with E-state index in [0.717, 1.165) is 40.9 Å². The van der Waals surface area contributed by atoms with Crippen LogP contribution < -0.4 is 10.6 Å². The first-order chi connectivity index (χ1) is 13.9. The molecule has 1 aromatic heterocycles. The van der Waals surface area contributed by atoms with Gasteiger partial charge in [0.2, 0.25) is 10.0 Å². The van der Waals surface area contributed by atoms with Crippen LogP contribution in [0.3, 0.4) is 0 Å². The van der Waals surface area contributed by atoms with Gasteiger partial charge < -0.3 is 15.7 Å². The molecule has 0 aliphatic carbocycles. The van der Waals surface area contributed by atoms with Crippen LogP contribution in [0.25, 0.3) is 10.1 Å². The van der Waals surface area contributed by atoms with Crippen molar-refractivity contribution in [3.05, 3.63) is 35.2 Å². The number of benzene rings is 1. The number of piperidine rings is 1. The Morgan fingerprint density at radius 1 is 1.31 bits per heavy atom. The van der Waals surface area contributed by atoms with Crippen LogP contribution in [0.4, 0.5) is 0 Å². The van der Waals surface area contributed by atoms with Crippen LogP contribution >= 0.6 is 11.3 Å². The zero-order valence-corrected chi connectivity index (χ0v) is 18.6. The molecule has 1 unspecified atom stereocenters. The second-order valence-electron chi connectivity index (χ2n) is 7.41. The molecule has 1 saturated heterocycles. The van der Waals surface area contributed by atoms with Crippen LogP contribution in [0.5, 0.6) is 0 Å². The van der Waals surface area contributed by atoms with Gasteiger partial charge in [-0.25, -0.2) is 12.7 Å². The number of thiophene rings is 1. The minimum Gasteiger partial charge on any atom is -0.386 e. The van der Waals surface area contributed by atoms with Gasteiger partial charge in [0.25, 0.3) is 0 Å². The zero-order chi connectivity index (χ0) is 20.9. The summed E-state index contributed by atoms with van der Waals surface area (Å²) in [6, 6.07) is 10.1. The Morgan fingerprint density at radius 3 is 2.69 bits per heavy atom. The topological polar surface area (TPSA) is 94.0 Å². The average Bonchev–Trinajstić information content (AvgIpc) is 3.14. The van der Waals surface area contributed by atoms with Gasteiger partial charge in [-0.3, -0.25) is 4.99 Å². The second-order valence-corrected chi connectivity index (χ2v) is 10.5. The summed E-state index contributed by atoms with van der Waals surface area (Å²) < 4.78 is 26.0. The summed E-state index contributed by atoms with van der Waals surface area (Å²) in [6.45, 7) is 4.91. The molecule has 3 N–H and O–H groups in total. The van der Waals surface area contributed by atoms with Crippen LogP contribution in [0.15, 0.2) is 35.3 Å². The van der Waals surface area contributed by atoms with Crippen molar-refractivity contribution in [3.8, 4) is 0 Å². The van der Waals surface area contributed by atoms with Crippen molar-refractivity contribution in [3.63, 3.8) is 0 Å². The summed E-state index contributed by atoms with van der Waals surface area (Å²) in [5.41, 5.74) is 0. The van der Waals surface area contributed by atoms with Crippen molar-refractivity contribution in [2.45, 2.75) is 25.9 Å². The number of aliphatic hydroxyl groups is 1. The molecular weight excluding hydrogens is 408 g/mol. The van der Waals surface area contributed by atoms with Gasteiger partial charge in [-0.15, -0.1) is 11.3 Å². The van der Waals surface area contributed by atoms with E-state index >= 15 is 0 Å². The monoisotopic (exact) mass is 438 g/mol. The largest absolute Gasteiger partial charge is 0.386 e. The first kappa shape index (κ1) is 22.0. The molecule has 2 aromatic rings. The zero-order valence-electron chi connectivity index (χ0n) is 17.0. The molecule has 1 aromatic carbocycles. The van der Waals surface area contributed by atoms with Crippen molar-refractivity contribution >= 4 is 37.4 Å². The molecule has 160 valence electrons. The first-order valence-corrected chi connectivity index (χ1v) is 12.7. The van der Waals surface area contributed by atoms with Crippen LogP contribution in [0.2, 0.25) is 0 Å². The third kappa shape index (κ3) is 6.15. The highest BCUT2D eigenvalue weighted by atomic mass is 32.2. The van der Waals surface area contributed by atoms with E-state index in [1.165, 1.54) is 6.26 Å². The molecule has 0 bridgehead atoms. The number of guanidine groups is 1. The van der Waals surface area contributed by atoms with E-state index in [1.807, 2.05) is 31.2 Å². The van der Waals surface area contributed by atoms with Crippen molar-refractivity contribution in [1.29, 1.82) is 0 Å². The summed E-state index contributed by atoms with van der Waals surface area (Å²) in [7, 11) is -3.09. The smallest absolute Gasteiger partial charge is 0.211 e. The molecule has 0 radical (unpaired) electrons. The Labute approximate surface area is 176 Å². The summed E-state index contributed by atoms with van der Waals surface area (Å²) in [4.78, 5) is 5.46. The highest BCUT2D eigenvalue weighted by molar-refractivity contribution is 7.88. The predicted molar refractivity (Wildman–Crippen MR) is 120 cm³/mol. The number of sulfonamides is 1. The summed E-state index contributed by atoms with van der Waals surface area (Å²) in [5, 5.41) is 18.2. The van der Waals surface area contributed by atoms with Gasteiger partial charge in [-0.05, 0) is 43.2 Å². The fourth-order valence-electron chi connectivity index (χ4n) is 3.46. The lowest BCUT2D eigenvalue weighted by Gasteiger charge is -2.30. The van der Waals surface area contributed by atoms with Gasteiger partial charge in [-0.1, -0.05) is 18.2 Å². The summed E-state index contributed by atoms with van der Waals surface area (Å²) >= 11 is 1.59. The minimum absolute atomic E-state index is 0.286. The van der Waals surface area contributed by atoms with E-state index in [4.69, 9.17) is 0 Å². The number of aliphatic hydroxyl groups excluding tert-OH is 1. The minimum atomic E-state index is -3.09. The van der Waals surface area contributed by atoms with Crippen LogP contribution in [-0.2, 0) is 10.0 Å². The first-order valence-electron chi connectivity index (χ1n) is 10.0. The maximum absolute atomic E-state index is 11.6. The molecule has 1 fully saturated rings. The highest BCUT2D eigenvalue weighted by Crippen LogP contribution is 2.29. The Balaban J connectivity index is 1.53. The van der Waals surface area contributed by atoms with Gasteiger partial charge in [-0.2, -0.15) is 0 Å². The Kier molecular flexibility index (Phi) is 7.50. The standard InChI is InChI=1S/C20H30N4O3S2/c1-3-21-20(22-13-15-8-10-24(11-9-15)29(2,26)27)23-14-17(25)19-12-16-6-4-5-7-18(16)28-19/h4-7,12,15,17,25H,3,8-11,13-14H2,1-2H3,(H2,21,22,23). The molecule has 0 spiro atoms. The number of aliphatic imine (C=N–C) groups is 1. The third-order valence-electron chi connectivity index (χ3n) is 5.14. The molecular formula is C20H30N4O3S2. The lowest BCUT2D eigenvalue weighted by atomic mass is 9.98. The molecule has 2 heterocycles. The Hall–Kier alpha value is -1.68. The summed E-state index contributed by atoms with van der Waals surface area (Å²) in [5.74, 6) is 1.09. The number of nitrogens with one attached hydrogen (secondary N) is 2. The van der Waals surface area contributed by atoms with Crippen LogP contribution in [-0.4, -0.2) is 62.8 Å². The number of hydrogen-bond donors (Lipinski definition) is 3. The van der Waals surface area contributed by atoms with E-state index in [0.29, 0.717) is 25.0 Å². The normalized spacial score (nSPS) is 18.1. The quantitative estimate of drug-likeness (QED) is 0.455. The average molecular weight is 439 g/mol. The molecule has 3 rings (SSSR count). The molecule has 9 heteroatoms. The Bertz CT molecular complexity index is 901. The molecule has 29 heavy (non-hydrogen) atoms. The molecule has 0 amide bonds. The van der Waals surface area contributed by atoms with Crippen molar-refractivity contribution < 1.29 is 13.5 Å². The summed E-state index contributed by atoms with van der Waals surface area (Å²) in [6.07, 6.45) is 2.30. The number of rotatable bonds is 7. The SMILES string of the molecule is CCNC(=NCC(O)c1cc2ccccc2s1)NCC1CCN(S(C)(=O)=O)CC1. The van der Waals surface area contributed by atoms with E-state index in [2.05, 4.69) is 21.7 Å². The van der Waals surface area contributed by atoms with Crippen LogP contribution in [0, 0.1) is 5.92 Å². The van der Waals surface area contributed by atoms with Crippen molar-refractivity contribution in [2.24, 2.45) is 10.9 Å². The van der Waals surface area contributed by atoms with Gasteiger partial charge in [0.1, 0.15) is 6.10 Å². The van der Waals surface area contributed by atoms with E-state index < -0.39 is 16.1 Å². The molecule has 1 aliphatic heterocycles. The van der Waals surface area contributed by atoms with Crippen molar-refractivity contribution in [2.75, 3.05) is 39.0 Å². The maximum Gasteiger partial charge on any atom is 0.211 e. The van der Waals surface area contributed by atoms with E-state index in [9.17, 15) is 13.5 Å². The maximum atomic E-state index is 11.6. The van der Waals surface area contributed by atoms with Gasteiger partial charge >= 0.3 is 0 Å². The molecule has 0 saturated carbocycles. The van der Waals surface area contributed by atoms with Gasteiger partial charge in [0.05, 0.1) is 12.8 Å². The number of hydrogen-bond acceptors (Lipinski definition) is 5. The second kappa shape index (κ2) is 9.88. The van der Waals surface area contributed by atoms with E-state index in [1.54, 1.807) is 15.6 Å². The third-order valence-corrected chi connectivity index (χ3v) is 7.66. The van der Waals surface area contributed by atoms with E-state index in [-0.39, 0.29) is 6.54 Å². The Morgan fingerprint density at radius 2 is 2.03 bits per heavy atom. The molecule has 1 atom stereocenters. The van der Waals surface area contributed by atoms with Crippen molar-refractivity contribution in [1.82, 2.24) is 14.9 Å². The highest BCUT2D eigenvalue weighted by Gasteiger charge is 2.24. The predicted octanol–water partition coefficient (Wildman–Crippen LogP) is 2.16. The fraction of sp³-hybridized carbons (Fsp3) is 0.550.